The number of likely N-dealkylation sites (tertiary alicyclic amines) is 1. The zero-order valence-electron chi connectivity index (χ0n) is 15.0. The highest BCUT2D eigenvalue weighted by atomic mass is 16.6. The maximum atomic E-state index is 12.4. The smallest absolute Gasteiger partial charge is 0.410 e. The zero-order chi connectivity index (χ0) is 19.3. The molecule has 1 fully saturated rings. The highest BCUT2D eigenvalue weighted by molar-refractivity contribution is 5.81. The van der Waals surface area contributed by atoms with Gasteiger partial charge < -0.3 is 14.9 Å². The summed E-state index contributed by atoms with van der Waals surface area (Å²) in [6.07, 6.45) is 0.261. The Morgan fingerprint density at radius 2 is 1.63 bits per heavy atom. The molecular formula is C21H23NO5. The van der Waals surface area contributed by atoms with Crippen molar-refractivity contribution in [1.82, 2.24) is 4.90 Å². The van der Waals surface area contributed by atoms with Gasteiger partial charge in [-0.1, -0.05) is 60.7 Å². The lowest BCUT2D eigenvalue weighted by Gasteiger charge is -2.23. The summed E-state index contributed by atoms with van der Waals surface area (Å²) in [6, 6.07) is 17.7. The third-order valence-corrected chi connectivity index (χ3v) is 4.86. The molecule has 0 aliphatic carbocycles. The second kappa shape index (κ2) is 8.22. The van der Waals surface area contributed by atoms with E-state index in [4.69, 9.17) is 4.74 Å². The fraction of sp³-hybridized carbons (Fsp3) is 0.333. The Bertz CT molecular complexity index is 780. The van der Waals surface area contributed by atoms with Gasteiger partial charge in [-0.05, 0) is 24.0 Å². The minimum atomic E-state index is -1.25. The first kappa shape index (κ1) is 18.9. The van der Waals surface area contributed by atoms with E-state index < -0.39 is 23.7 Å². The molecule has 2 atom stereocenters. The largest absolute Gasteiger partial charge is 0.480 e. The molecule has 27 heavy (non-hydrogen) atoms. The summed E-state index contributed by atoms with van der Waals surface area (Å²) in [7, 11) is 0. The molecule has 1 amide bonds. The van der Waals surface area contributed by atoms with Crippen LogP contribution in [-0.2, 0) is 22.6 Å². The normalized spacial score (nSPS) is 21.8. The van der Waals surface area contributed by atoms with E-state index in [0.717, 1.165) is 16.0 Å². The number of hydrogen-bond acceptors (Lipinski definition) is 4. The molecule has 1 unspecified atom stereocenters. The average Bonchev–Trinajstić information content (AvgIpc) is 3.05. The summed E-state index contributed by atoms with van der Waals surface area (Å²) >= 11 is 0. The van der Waals surface area contributed by atoms with Crippen molar-refractivity contribution in [2.24, 2.45) is 0 Å². The first-order chi connectivity index (χ1) is 13.0. The number of aliphatic hydroxyl groups is 1. The van der Waals surface area contributed by atoms with Gasteiger partial charge in [0.25, 0.3) is 0 Å². The monoisotopic (exact) mass is 369 g/mol. The highest BCUT2D eigenvalue weighted by Gasteiger charge is 2.48. The Balaban J connectivity index is 1.63. The molecule has 142 valence electrons. The summed E-state index contributed by atoms with van der Waals surface area (Å²) in [4.78, 5) is 25.1. The Hall–Kier alpha value is -2.86. The van der Waals surface area contributed by atoms with Crippen molar-refractivity contribution >= 4 is 12.1 Å². The molecule has 0 aromatic heterocycles. The number of nitrogens with zero attached hydrogens (tertiary/aromatic N) is 1. The Labute approximate surface area is 158 Å². The van der Waals surface area contributed by atoms with Gasteiger partial charge in [-0.15, -0.1) is 0 Å². The van der Waals surface area contributed by atoms with Crippen LogP contribution in [0.25, 0.3) is 0 Å². The van der Waals surface area contributed by atoms with Crippen LogP contribution in [-0.4, -0.2) is 45.4 Å². The van der Waals surface area contributed by atoms with Gasteiger partial charge in [0.1, 0.15) is 12.6 Å². The maximum Gasteiger partial charge on any atom is 0.410 e. The number of carbonyl (C=O) groups excluding carboxylic acids is 1. The van der Waals surface area contributed by atoms with E-state index >= 15 is 0 Å². The lowest BCUT2D eigenvalue weighted by atomic mass is 9.92. The molecule has 1 aliphatic rings. The zero-order valence-corrected chi connectivity index (χ0v) is 15.0. The van der Waals surface area contributed by atoms with E-state index in [1.807, 2.05) is 60.7 Å². The number of carboxylic acid groups (broad SMARTS) is 1. The van der Waals surface area contributed by atoms with Crippen LogP contribution in [0.15, 0.2) is 60.7 Å². The van der Waals surface area contributed by atoms with Gasteiger partial charge in [0.2, 0.25) is 0 Å². The van der Waals surface area contributed by atoms with E-state index in [0.29, 0.717) is 12.8 Å². The van der Waals surface area contributed by atoms with Gasteiger partial charge in [-0.25, -0.2) is 9.59 Å². The topological polar surface area (TPSA) is 87.1 Å². The number of amides is 1. The molecular weight excluding hydrogens is 346 g/mol. The van der Waals surface area contributed by atoms with Crippen molar-refractivity contribution in [2.75, 3.05) is 6.54 Å². The lowest BCUT2D eigenvalue weighted by molar-refractivity contribution is -0.141. The first-order valence-electron chi connectivity index (χ1n) is 8.93. The Kier molecular flexibility index (Phi) is 5.76. The molecule has 6 heteroatoms. The molecule has 3 rings (SSSR count). The minimum Gasteiger partial charge on any atom is -0.480 e. The molecule has 1 saturated heterocycles. The van der Waals surface area contributed by atoms with Gasteiger partial charge in [0, 0.05) is 6.42 Å². The number of carboxylic acids is 1. The summed E-state index contributed by atoms with van der Waals surface area (Å²) in [5.41, 5.74) is 0.629. The molecule has 0 radical (unpaired) electrons. The van der Waals surface area contributed by atoms with Crippen LogP contribution in [0.1, 0.15) is 24.0 Å². The van der Waals surface area contributed by atoms with Crippen LogP contribution >= 0.6 is 0 Å². The number of β-amino-alcohol motifs (C(OH)–C–C–N with tert-alkyl or cyclic N) is 1. The van der Waals surface area contributed by atoms with Crippen LogP contribution in [0, 0.1) is 0 Å². The van der Waals surface area contributed by atoms with Crippen LogP contribution < -0.4 is 0 Å². The van der Waals surface area contributed by atoms with E-state index in [1.54, 1.807) is 0 Å². The van der Waals surface area contributed by atoms with E-state index in [1.165, 1.54) is 0 Å². The molecule has 1 heterocycles. The third-order valence-electron chi connectivity index (χ3n) is 4.86. The van der Waals surface area contributed by atoms with Gasteiger partial charge in [-0.2, -0.15) is 0 Å². The number of hydrogen-bond donors (Lipinski definition) is 2. The molecule has 2 aromatic rings. The van der Waals surface area contributed by atoms with Crippen LogP contribution in [0.4, 0.5) is 4.79 Å². The number of ether oxygens (including phenoxy) is 1. The van der Waals surface area contributed by atoms with Gasteiger partial charge in [-0.3, -0.25) is 4.90 Å². The van der Waals surface area contributed by atoms with Gasteiger partial charge in [0.15, 0.2) is 0 Å². The minimum absolute atomic E-state index is 0.00436. The fourth-order valence-electron chi connectivity index (χ4n) is 3.38. The molecule has 0 bridgehead atoms. The van der Waals surface area contributed by atoms with Crippen molar-refractivity contribution in [3.8, 4) is 0 Å². The predicted molar refractivity (Wildman–Crippen MR) is 99.1 cm³/mol. The molecule has 2 N–H and O–H groups in total. The summed E-state index contributed by atoms with van der Waals surface area (Å²) < 4.78 is 5.26. The van der Waals surface area contributed by atoms with E-state index in [2.05, 4.69) is 0 Å². The van der Waals surface area contributed by atoms with E-state index in [9.17, 15) is 19.8 Å². The number of rotatable bonds is 6. The van der Waals surface area contributed by atoms with E-state index in [-0.39, 0.29) is 19.6 Å². The predicted octanol–water partition coefficient (Wildman–Crippen LogP) is 2.85. The van der Waals surface area contributed by atoms with Crippen LogP contribution in [0.5, 0.6) is 0 Å². The fourth-order valence-corrected chi connectivity index (χ4v) is 3.38. The van der Waals surface area contributed by atoms with Crippen molar-refractivity contribution in [2.45, 2.75) is 37.5 Å². The number of aliphatic carboxylic acids is 1. The molecule has 2 aromatic carbocycles. The average molecular weight is 369 g/mol. The number of carbonyl (C=O) groups is 2. The lowest BCUT2D eigenvalue weighted by Crippen LogP contribution is -2.41. The molecule has 0 saturated carbocycles. The highest BCUT2D eigenvalue weighted by Crippen LogP contribution is 2.32. The maximum absolute atomic E-state index is 12.4. The van der Waals surface area contributed by atoms with Crippen molar-refractivity contribution in [3.05, 3.63) is 71.8 Å². The van der Waals surface area contributed by atoms with Crippen molar-refractivity contribution < 1.29 is 24.5 Å². The Morgan fingerprint density at radius 1 is 1.04 bits per heavy atom. The quantitative estimate of drug-likeness (QED) is 0.818. The Morgan fingerprint density at radius 3 is 2.22 bits per heavy atom. The summed E-state index contributed by atoms with van der Waals surface area (Å²) in [5, 5.41) is 20.3. The third kappa shape index (κ3) is 4.86. The number of aryl methyl sites for hydroxylation is 1. The second-order valence-corrected chi connectivity index (χ2v) is 6.94. The van der Waals surface area contributed by atoms with Crippen molar-refractivity contribution in [3.63, 3.8) is 0 Å². The molecule has 6 nitrogen and oxygen atoms in total. The van der Waals surface area contributed by atoms with Crippen molar-refractivity contribution in [1.29, 1.82) is 0 Å². The second-order valence-electron chi connectivity index (χ2n) is 6.94. The van der Waals surface area contributed by atoms with Crippen LogP contribution in [0.3, 0.4) is 0 Å². The summed E-state index contributed by atoms with van der Waals surface area (Å²) in [6.45, 7) is 0.00931. The van der Waals surface area contributed by atoms with Gasteiger partial charge >= 0.3 is 12.1 Å². The SMILES string of the molecule is O=C(O)[C@@H]1CC(O)(CCc2ccccc2)CN1C(=O)OCc1ccccc1. The van der Waals surface area contributed by atoms with Gasteiger partial charge in [0.05, 0.1) is 12.1 Å². The molecule has 1 aliphatic heterocycles. The first-order valence-corrected chi connectivity index (χ1v) is 8.93. The standard InChI is InChI=1S/C21H23NO5/c23-19(24)18-13-21(26,12-11-16-7-3-1-4-8-16)15-22(18)20(25)27-14-17-9-5-2-6-10-17/h1-10,18,26H,11-15H2,(H,23,24)/t18-,21?/m0/s1. The molecule has 0 spiro atoms. The van der Waals surface area contributed by atoms with Crippen LogP contribution in [0.2, 0.25) is 0 Å². The summed E-state index contributed by atoms with van der Waals surface area (Å²) in [5.74, 6) is -1.14. The number of benzene rings is 2.